The summed E-state index contributed by atoms with van der Waals surface area (Å²) in [7, 11) is 0. The molecule has 0 N–H and O–H groups in total. The Morgan fingerprint density at radius 2 is 0.512 bits per heavy atom. The van der Waals surface area contributed by atoms with E-state index in [1.165, 1.54) is 0 Å². The number of pyridine rings is 6. The van der Waals surface area contributed by atoms with Crippen LogP contribution in [0.5, 0.6) is 0 Å². The molecule has 13 heteroatoms. The second kappa shape index (κ2) is 15.2. The quantitative estimate of drug-likeness (QED) is 0.168. The zero-order chi connectivity index (χ0) is 29.6. The fourth-order valence-electron chi connectivity index (χ4n) is 3.70. The van der Waals surface area contributed by atoms with Crippen LogP contribution in [0.3, 0.4) is 0 Å². The Balaban J connectivity index is 0.000000192. The van der Waals surface area contributed by atoms with Gasteiger partial charge in [0, 0.05) is 72.0 Å². The number of nitrogens with zero attached hydrogens (tertiary/aromatic N) is 6. The molecule has 0 radical (unpaired) electrons. The molecule has 43 heavy (non-hydrogen) atoms. The van der Waals surface area contributed by atoms with Crippen molar-refractivity contribution in [3.05, 3.63) is 128 Å². The molecule has 0 aromatic carbocycles. The largest absolute Gasteiger partial charge is 0.255 e. The first-order valence-corrected chi connectivity index (χ1v) is 14.3. The Morgan fingerprint density at radius 3 is 0.721 bits per heavy atom. The molecule has 6 nitrogen and oxygen atoms in total. The Bertz CT molecular complexity index is 1630. The van der Waals surface area contributed by atoms with E-state index in [2.05, 4.69) is 29.9 Å². The first-order valence-electron chi connectivity index (χ1n) is 12.1. The number of halogens is 6. The Labute approximate surface area is 287 Å². The number of hydrogen-bond donors (Lipinski definition) is 0. The summed E-state index contributed by atoms with van der Waals surface area (Å²) in [6, 6.07) is 20.7. The van der Waals surface area contributed by atoms with Gasteiger partial charge in [0.2, 0.25) is 0 Å². The van der Waals surface area contributed by atoms with Crippen molar-refractivity contribution >= 4 is 69.6 Å². The Kier molecular flexibility index (Phi) is 11.7. The van der Waals surface area contributed by atoms with E-state index >= 15 is 0 Å². The molecular weight excluding hydrogens is 713 g/mol. The second-order valence-electron chi connectivity index (χ2n) is 8.55. The van der Waals surface area contributed by atoms with Crippen LogP contribution in [-0.2, 0) is 17.1 Å². The van der Waals surface area contributed by atoms with E-state index in [1.54, 1.807) is 97.6 Å². The van der Waals surface area contributed by atoms with E-state index in [4.69, 9.17) is 69.6 Å². The number of hydrogen-bond acceptors (Lipinski definition) is 6. The maximum absolute atomic E-state index is 6.17. The van der Waals surface area contributed by atoms with Gasteiger partial charge in [-0.15, -0.1) is 0 Å². The molecule has 6 aromatic rings. The third-order valence-electron chi connectivity index (χ3n) is 5.52. The first-order chi connectivity index (χ1) is 20.2. The standard InChI is InChI=1S/2C15H8Cl3N3.Fe/c2*16-9-1-3-19-12(5-9)14-7-11(18)8-15(21-14)13-6-10(17)2-4-20-13;/h2*1-8H;. The molecule has 0 unspecified atom stereocenters. The maximum Gasteiger partial charge on any atom is 0.0909 e. The molecule has 0 aliphatic carbocycles. The van der Waals surface area contributed by atoms with Crippen LogP contribution < -0.4 is 0 Å². The van der Waals surface area contributed by atoms with E-state index in [-0.39, 0.29) is 17.1 Å². The minimum atomic E-state index is 0. The average Bonchev–Trinajstić information content (AvgIpc) is 2.97. The predicted molar refractivity (Wildman–Crippen MR) is 171 cm³/mol. The van der Waals surface area contributed by atoms with Crippen molar-refractivity contribution in [2.75, 3.05) is 0 Å². The van der Waals surface area contributed by atoms with Gasteiger partial charge in [-0.25, -0.2) is 9.97 Å². The van der Waals surface area contributed by atoms with Gasteiger partial charge in [0.1, 0.15) is 0 Å². The fraction of sp³-hybridized carbons (Fsp3) is 0. The molecule has 0 spiro atoms. The van der Waals surface area contributed by atoms with Crippen molar-refractivity contribution in [2.45, 2.75) is 0 Å². The predicted octanol–water partition coefficient (Wildman–Crippen LogP) is 10.3. The molecule has 0 saturated carbocycles. The van der Waals surface area contributed by atoms with Gasteiger partial charge < -0.3 is 0 Å². The third kappa shape index (κ3) is 9.08. The van der Waals surface area contributed by atoms with Crippen molar-refractivity contribution in [1.29, 1.82) is 0 Å². The summed E-state index contributed by atoms with van der Waals surface area (Å²) in [5, 5.41) is 3.43. The van der Waals surface area contributed by atoms with Crippen LogP contribution in [-0.4, -0.2) is 29.9 Å². The van der Waals surface area contributed by atoms with Gasteiger partial charge in [-0.2, -0.15) is 0 Å². The van der Waals surface area contributed by atoms with Crippen LogP contribution >= 0.6 is 69.6 Å². The van der Waals surface area contributed by atoms with E-state index < -0.39 is 0 Å². The molecule has 0 aliphatic heterocycles. The van der Waals surface area contributed by atoms with Gasteiger partial charge in [0.05, 0.1) is 45.6 Å². The van der Waals surface area contributed by atoms with Crippen LogP contribution in [0, 0.1) is 0 Å². The molecule has 0 saturated heterocycles. The maximum atomic E-state index is 6.17. The van der Waals surface area contributed by atoms with E-state index in [0.717, 1.165) is 0 Å². The van der Waals surface area contributed by atoms with Crippen LogP contribution in [0.2, 0.25) is 30.1 Å². The Hall–Kier alpha value is -2.84. The van der Waals surface area contributed by atoms with Gasteiger partial charge in [0.15, 0.2) is 0 Å². The first kappa shape index (κ1) is 33.1. The zero-order valence-electron chi connectivity index (χ0n) is 21.5. The van der Waals surface area contributed by atoms with Gasteiger partial charge >= 0.3 is 0 Å². The van der Waals surface area contributed by atoms with E-state index in [1.807, 2.05) is 0 Å². The zero-order valence-corrected chi connectivity index (χ0v) is 27.2. The number of aromatic nitrogens is 6. The normalized spacial score (nSPS) is 10.4. The van der Waals surface area contributed by atoms with Gasteiger partial charge in [0.25, 0.3) is 0 Å². The molecule has 0 fully saturated rings. The van der Waals surface area contributed by atoms with Gasteiger partial charge in [-0.1, -0.05) is 69.6 Å². The van der Waals surface area contributed by atoms with Crippen molar-refractivity contribution in [1.82, 2.24) is 29.9 Å². The fourth-order valence-corrected chi connectivity index (χ4v) is 4.75. The topological polar surface area (TPSA) is 77.3 Å². The molecule has 0 aliphatic rings. The van der Waals surface area contributed by atoms with E-state index in [0.29, 0.717) is 75.7 Å². The van der Waals surface area contributed by atoms with Gasteiger partial charge in [-0.05, 0) is 72.8 Å². The van der Waals surface area contributed by atoms with Crippen molar-refractivity contribution < 1.29 is 17.1 Å². The molecule has 6 rings (SSSR count). The molecule has 0 bridgehead atoms. The van der Waals surface area contributed by atoms with Crippen molar-refractivity contribution in [3.63, 3.8) is 0 Å². The molecule has 0 amide bonds. The average molecular weight is 729 g/mol. The second-order valence-corrected chi connectivity index (χ2v) is 11.2. The summed E-state index contributed by atoms with van der Waals surface area (Å²) < 4.78 is 0. The van der Waals surface area contributed by atoms with Crippen LogP contribution in [0.1, 0.15) is 0 Å². The minimum Gasteiger partial charge on any atom is -0.255 e. The van der Waals surface area contributed by atoms with Crippen molar-refractivity contribution in [2.24, 2.45) is 0 Å². The third-order valence-corrected chi connectivity index (χ3v) is 6.89. The van der Waals surface area contributed by atoms with Crippen LogP contribution in [0.25, 0.3) is 45.6 Å². The minimum absolute atomic E-state index is 0. The van der Waals surface area contributed by atoms with Gasteiger partial charge in [-0.3, -0.25) is 19.9 Å². The summed E-state index contributed by atoms with van der Waals surface area (Å²) in [6.07, 6.45) is 6.49. The molecular formula is C30H16Cl6FeN6. The summed E-state index contributed by atoms with van der Waals surface area (Å²) in [4.78, 5) is 26.1. The molecule has 6 aromatic heterocycles. The summed E-state index contributed by atoms with van der Waals surface area (Å²) in [6.45, 7) is 0. The van der Waals surface area contributed by atoms with Crippen molar-refractivity contribution in [3.8, 4) is 45.6 Å². The van der Waals surface area contributed by atoms with Crippen LogP contribution in [0.15, 0.2) is 97.6 Å². The summed E-state index contributed by atoms with van der Waals surface area (Å²) >= 11 is 36.3. The molecule has 216 valence electrons. The SMILES string of the molecule is Clc1ccnc(-c2cc(Cl)cc(-c3cc(Cl)ccn3)n2)c1.Clc1ccnc(-c2cc(Cl)cc(-c3cc(Cl)ccn3)n2)c1.[Fe]. The van der Waals surface area contributed by atoms with Crippen LogP contribution in [0.4, 0.5) is 0 Å². The number of rotatable bonds is 4. The summed E-state index contributed by atoms with van der Waals surface area (Å²) in [5.41, 5.74) is 5.09. The monoisotopic (exact) mass is 726 g/mol. The summed E-state index contributed by atoms with van der Waals surface area (Å²) in [5.74, 6) is 0. The molecule has 0 atom stereocenters. The molecule has 6 heterocycles. The Morgan fingerprint density at radius 1 is 0.302 bits per heavy atom. The van der Waals surface area contributed by atoms with E-state index in [9.17, 15) is 0 Å². The smallest absolute Gasteiger partial charge is 0.0909 e.